The van der Waals surface area contributed by atoms with Crippen molar-refractivity contribution in [3.63, 3.8) is 0 Å². The van der Waals surface area contributed by atoms with Crippen molar-refractivity contribution >= 4 is 11.6 Å². The van der Waals surface area contributed by atoms with Gasteiger partial charge in [0, 0.05) is 31.6 Å². The first-order valence-corrected chi connectivity index (χ1v) is 7.74. The van der Waals surface area contributed by atoms with Gasteiger partial charge in [-0.15, -0.1) is 0 Å². The monoisotopic (exact) mass is 276 g/mol. The SMILES string of the molecule is CCCNc1cc(N(C)CC2CC2)nc(C(C)(C)C)n1. The van der Waals surface area contributed by atoms with Crippen molar-refractivity contribution in [3.8, 4) is 0 Å². The van der Waals surface area contributed by atoms with Crippen LogP contribution in [0.3, 0.4) is 0 Å². The Morgan fingerprint density at radius 2 is 2.00 bits per heavy atom. The van der Waals surface area contributed by atoms with Crippen molar-refractivity contribution in [3.05, 3.63) is 11.9 Å². The number of nitrogens with one attached hydrogen (secondary N) is 1. The Bertz CT molecular complexity index is 446. The molecule has 0 spiro atoms. The molecule has 1 aliphatic rings. The third-order valence-corrected chi connectivity index (χ3v) is 3.56. The molecule has 4 nitrogen and oxygen atoms in total. The molecule has 0 saturated heterocycles. The summed E-state index contributed by atoms with van der Waals surface area (Å²) in [6, 6.07) is 2.08. The zero-order chi connectivity index (χ0) is 14.8. The largest absolute Gasteiger partial charge is 0.370 e. The van der Waals surface area contributed by atoms with Crippen LogP contribution in [0.5, 0.6) is 0 Å². The zero-order valence-corrected chi connectivity index (χ0v) is 13.5. The first-order chi connectivity index (χ1) is 9.40. The lowest BCUT2D eigenvalue weighted by molar-refractivity contribution is 0.545. The molecule has 112 valence electrons. The van der Waals surface area contributed by atoms with Gasteiger partial charge in [0.1, 0.15) is 17.5 Å². The number of hydrogen-bond acceptors (Lipinski definition) is 4. The van der Waals surface area contributed by atoms with Crippen LogP contribution in [0.2, 0.25) is 0 Å². The highest BCUT2D eigenvalue weighted by Gasteiger charge is 2.25. The summed E-state index contributed by atoms with van der Waals surface area (Å²) in [4.78, 5) is 11.7. The fourth-order valence-electron chi connectivity index (χ4n) is 2.09. The lowest BCUT2D eigenvalue weighted by Gasteiger charge is -2.23. The summed E-state index contributed by atoms with van der Waals surface area (Å²) in [5.74, 6) is 3.76. The molecule has 0 aliphatic heterocycles. The van der Waals surface area contributed by atoms with Gasteiger partial charge in [0.25, 0.3) is 0 Å². The van der Waals surface area contributed by atoms with Gasteiger partial charge < -0.3 is 10.2 Å². The minimum atomic E-state index is -0.0287. The molecule has 0 amide bonds. The van der Waals surface area contributed by atoms with Gasteiger partial charge in [-0.05, 0) is 25.2 Å². The standard InChI is InChI=1S/C16H28N4/c1-6-9-17-13-10-14(20(5)11-12-7-8-12)19-15(18-13)16(2,3)4/h10,12H,6-9,11H2,1-5H3,(H,17,18,19). The minimum Gasteiger partial charge on any atom is -0.370 e. The fraction of sp³-hybridized carbons (Fsp3) is 0.750. The molecule has 0 atom stereocenters. The first kappa shape index (κ1) is 15.1. The number of aromatic nitrogens is 2. The predicted molar refractivity (Wildman–Crippen MR) is 85.5 cm³/mol. The Labute approximate surface area is 123 Å². The summed E-state index contributed by atoms with van der Waals surface area (Å²) in [5.41, 5.74) is -0.0287. The van der Waals surface area contributed by atoms with Crippen molar-refractivity contribution in [1.82, 2.24) is 9.97 Å². The van der Waals surface area contributed by atoms with E-state index in [1.165, 1.54) is 12.8 Å². The van der Waals surface area contributed by atoms with Crippen LogP contribution in [-0.4, -0.2) is 30.1 Å². The van der Waals surface area contributed by atoms with E-state index in [0.717, 1.165) is 42.9 Å². The van der Waals surface area contributed by atoms with E-state index < -0.39 is 0 Å². The maximum absolute atomic E-state index is 4.77. The van der Waals surface area contributed by atoms with Crippen molar-refractivity contribution in [2.45, 2.75) is 52.4 Å². The maximum Gasteiger partial charge on any atom is 0.138 e. The Kier molecular flexibility index (Phi) is 4.51. The van der Waals surface area contributed by atoms with Gasteiger partial charge in [-0.1, -0.05) is 27.7 Å². The number of nitrogens with zero attached hydrogens (tertiary/aromatic N) is 3. The van der Waals surface area contributed by atoms with Crippen molar-refractivity contribution in [2.24, 2.45) is 5.92 Å². The van der Waals surface area contributed by atoms with E-state index in [1.807, 2.05) is 0 Å². The zero-order valence-electron chi connectivity index (χ0n) is 13.5. The molecule has 0 aromatic carbocycles. The Hall–Kier alpha value is -1.32. The minimum absolute atomic E-state index is 0.0287. The van der Waals surface area contributed by atoms with Crippen LogP contribution in [0.1, 0.15) is 52.8 Å². The molecule has 1 aromatic rings. The third kappa shape index (κ3) is 4.09. The predicted octanol–water partition coefficient (Wildman–Crippen LogP) is 3.44. The molecule has 1 saturated carbocycles. The van der Waals surface area contributed by atoms with Gasteiger partial charge in [-0.3, -0.25) is 0 Å². The van der Waals surface area contributed by atoms with Crippen molar-refractivity contribution in [1.29, 1.82) is 0 Å². The molecule has 4 heteroatoms. The second-order valence-electron chi connectivity index (χ2n) is 6.94. The molecule has 1 aliphatic carbocycles. The topological polar surface area (TPSA) is 41.0 Å². The summed E-state index contributed by atoms with van der Waals surface area (Å²) in [6.07, 6.45) is 3.83. The van der Waals surface area contributed by atoms with Gasteiger partial charge in [-0.2, -0.15) is 0 Å². The maximum atomic E-state index is 4.77. The van der Waals surface area contributed by atoms with Gasteiger partial charge in [0.05, 0.1) is 0 Å². The van der Waals surface area contributed by atoms with E-state index in [4.69, 9.17) is 4.98 Å². The number of rotatable bonds is 6. The van der Waals surface area contributed by atoms with Crippen LogP contribution in [0, 0.1) is 5.92 Å². The van der Waals surface area contributed by atoms with E-state index in [0.29, 0.717) is 0 Å². The van der Waals surface area contributed by atoms with E-state index in [2.05, 4.69) is 56.0 Å². The first-order valence-electron chi connectivity index (χ1n) is 7.74. The smallest absolute Gasteiger partial charge is 0.138 e. The number of anilines is 2. The molecule has 0 radical (unpaired) electrons. The van der Waals surface area contributed by atoms with Crippen molar-refractivity contribution < 1.29 is 0 Å². The van der Waals surface area contributed by atoms with Gasteiger partial charge in [-0.25, -0.2) is 9.97 Å². The van der Waals surface area contributed by atoms with E-state index in [-0.39, 0.29) is 5.41 Å². The summed E-state index contributed by atoms with van der Waals surface area (Å²) in [7, 11) is 2.14. The summed E-state index contributed by atoms with van der Waals surface area (Å²) < 4.78 is 0. The van der Waals surface area contributed by atoms with Crippen LogP contribution in [0.25, 0.3) is 0 Å². The Morgan fingerprint density at radius 1 is 1.30 bits per heavy atom. The Morgan fingerprint density at radius 3 is 2.55 bits per heavy atom. The summed E-state index contributed by atoms with van der Waals surface area (Å²) >= 11 is 0. The second kappa shape index (κ2) is 5.98. The van der Waals surface area contributed by atoms with E-state index >= 15 is 0 Å². The molecule has 20 heavy (non-hydrogen) atoms. The van der Waals surface area contributed by atoms with Crippen LogP contribution >= 0.6 is 0 Å². The van der Waals surface area contributed by atoms with Crippen molar-refractivity contribution in [2.75, 3.05) is 30.4 Å². The van der Waals surface area contributed by atoms with Gasteiger partial charge in [0.15, 0.2) is 0 Å². The molecule has 2 rings (SSSR count). The molecule has 1 fully saturated rings. The summed E-state index contributed by atoms with van der Waals surface area (Å²) in [6.45, 7) is 10.7. The highest BCUT2D eigenvalue weighted by Crippen LogP contribution is 2.31. The molecule has 1 aromatic heterocycles. The van der Waals surface area contributed by atoms with Gasteiger partial charge in [0.2, 0.25) is 0 Å². The summed E-state index contributed by atoms with van der Waals surface area (Å²) in [5, 5.41) is 3.39. The highest BCUT2D eigenvalue weighted by atomic mass is 15.2. The molecule has 1 heterocycles. The third-order valence-electron chi connectivity index (χ3n) is 3.56. The number of hydrogen-bond donors (Lipinski definition) is 1. The lowest BCUT2D eigenvalue weighted by atomic mass is 9.96. The average molecular weight is 276 g/mol. The van der Waals surface area contributed by atoms with E-state index in [1.54, 1.807) is 0 Å². The molecule has 0 bridgehead atoms. The molecule has 1 N–H and O–H groups in total. The van der Waals surface area contributed by atoms with Gasteiger partial charge >= 0.3 is 0 Å². The van der Waals surface area contributed by atoms with Crippen LogP contribution in [0.4, 0.5) is 11.6 Å². The normalized spacial score (nSPS) is 15.2. The highest BCUT2D eigenvalue weighted by molar-refractivity contribution is 5.49. The lowest BCUT2D eigenvalue weighted by Crippen LogP contribution is -2.25. The van der Waals surface area contributed by atoms with Crippen LogP contribution in [0.15, 0.2) is 6.07 Å². The molecular formula is C16H28N4. The quantitative estimate of drug-likeness (QED) is 0.864. The van der Waals surface area contributed by atoms with E-state index in [9.17, 15) is 0 Å². The molecular weight excluding hydrogens is 248 g/mol. The molecule has 0 unspecified atom stereocenters. The fourth-order valence-corrected chi connectivity index (χ4v) is 2.09. The second-order valence-corrected chi connectivity index (χ2v) is 6.94. The Balaban J connectivity index is 2.23. The van der Waals surface area contributed by atoms with Crippen LogP contribution in [-0.2, 0) is 5.41 Å². The van der Waals surface area contributed by atoms with Crippen LogP contribution < -0.4 is 10.2 Å². The average Bonchev–Trinajstić information content (AvgIpc) is 3.18.